The van der Waals surface area contributed by atoms with Crippen LogP contribution in [0, 0.1) is 13.8 Å². The SMILES string of the molecule is Cc1cccc(-c2ccc3cccc(C)c3n2)c1. The van der Waals surface area contributed by atoms with E-state index in [-0.39, 0.29) is 0 Å². The fourth-order valence-electron chi connectivity index (χ4n) is 2.26. The monoisotopic (exact) mass is 233 g/mol. The number of pyridine rings is 1. The molecule has 3 aromatic rings. The molecule has 0 spiro atoms. The van der Waals surface area contributed by atoms with Crippen molar-refractivity contribution < 1.29 is 0 Å². The molecule has 1 aromatic heterocycles. The number of nitrogens with zero attached hydrogens (tertiary/aromatic N) is 1. The van der Waals surface area contributed by atoms with Crippen molar-refractivity contribution in [2.75, 3.05) is 0 Å². The third-order valence-corrected chi connectivity index (χ3v) is 3.24. The van der Waals surface area contributed by atoms with E-state index in [2.05, 4.69) is 68.4 Å². The van der Waals surface area contributed by atoms with Crippen LogP contribution in [0.2, 0.25) is 0 Å². The van der Waals surface area contributed by atoms with Gasteiger partial charge in [-0.2, -0.15) is 0 Å². The van der Waals surface area contributed by atoms with E-state index in [9.17, 15) is 0 Å². The van der Waals surface area contributed by atoms with Crippen LogP contribution in [-0.2, 0) is 0 Å². The first-order valence-corrected chi connectivity index (χ1v) is 6.17. The van der Waals surface area contributed by atoms with Crippen LogP contribution in [0.25, 0.3) is 22.2 Å². The van der Waals surface area contributed by atoms with E-state index in [0.717, 1.165) is 11.2 Å². The number of benzene rings is 2. The summed E-state index contributed by atoms with van der Waals surface area (Å²) in [4.78, 5) is 4.79. The quantitative estimate of drug-likeness (QED) is 0.602. The van der Waals surface area contributed by atoms with Gasteiger partial charge >= 0.3 is 0 Å². The molecule has 0 amide bonds. The summed E-state index contributed by atoms with van der Waals surface area (Å²) >= 11 is 0. The van der Waals surface area contributed by atoms with Gasteiger partial charge in [-0.1, -0.05) is 48.0 Å². The number of hydrogen-bond donors (Lipinski definition) is 0. The average molecular weight is 233 g/mol. The Morgan fingerprint density at radius 3 is 2.50 bits per heavy atom. The summed E-state index contributed by atoms with van der Waals surface area (Å²) in [5.41, 5.74) is 5.80. The van der Waals surface area contributed by atoms with Crippen LogP contribution in [-0.4, -0.2) is 4.98 Å². The molecule has 0 unspecified atom stereocenters. The lowest BCUT2D eigenvalue weighted by Crippen LogP contribution is -1.88. The normalized spacial score (nSPS) is 10.8. The largest absolute Gasteiger partial charge is 0.248 e. The van der Waals surface area contributed by atoms with Gasteiger partial charge in [0, 0.05) is 10.9 Å². The van der Waals surface area contributed by atoms with Crippen LogP contribution in [0.15, 0.2) is 54.6 Å². The van der Waals surface area contributed by atoms with E-state index in [0.29, 0.717) is 0 Å². The molecule has 0 aliphatic carbocycles. The summed E-state index contributed by atoms with van der Waals surface area (Å²) in [6.45, 7) is 4.21. The van der Waals surface area contributed by atoms with Crippen LogP contribution in [0.4, 0.5) is 0 Å². The molecule has 0 fully saturated rings. The maximum atomic E-state index is 4.79. The predicted molar refractivity (Wildman–Crippen MR) is 76.7 cm³/mol. The van der Waals surface area contributed by atoms with Crippen molar-refractivity contribution in [2.24, 2.45) is 0 Å². The van der Waals surface area contributed by atoms with Gasteiger partial charge in [0.1, 0.15) is 0 Å². The topological polar surface area (TPSA) is 12.9 Å². The van der Waals surface area contributed by atoms with Crippen molar-refractivity contribution >= 4 is 10.9 Å². The van der Waals surface area contributed by atoms with Gasteiger partial charge in [0.2, 0.25) is 0 Å². The highest BCUT2D eigenvalue weighted by Crippen LogP contribution is 2.23. The minimum absolute atomic E-state index is 1.04. The zero-order valence-corrected chi connectivity index (χ0v) is 10.6. The zero-order valence-electron chi connectivity index (χ0n) is 10.6. The van der Waals surface area contributed by atoms with Crippen LogP contribution in [0.3, 0.4) is 0 Å². The van der Waals surface area contributed by atoms with Gasteiger partial charge in [0.05, 0.1) is 11.2 Å². The number of hydrogen-bond acceptors (Lipinski definition) is 1. The summed E-state index contributed by atoms with van der Waals surface area (Å²) in [7, 11) is 0. The molecule has 0 aliphatic heterocycles. The minimum Gasteiger partial charge on any atom is -0.248 e. The molecule has 0 saturated carbocycles. The highest BCUT2D eigenvalue weighted by molar-refractivity contribution is 5.84. The molecule has 0 atom stereocenters. The summed E-state index contributed by atoms with van der Waals surface area (Å²) in [6, 6.07) is 19.0. The molecule has 0 saturated heterocycles. The van der Waals surface area contributed by atoms with Crippen molar-refractivity contribution in [3.05, 3.63) is 65.7 Å². The Hall–Kier alpha value is -2.15. The lowest BCUT2D eigenvalue weighted by atomic mass is 10.1. The van der Waals surface area contributed by atoms with Gasteiger partial charge in [-0.25, -0.2) is 4.98 Å². The van der Waals surface area contributed by atoms with Gasteiger partial charge in [0.25, 0.3) is 0 Å². The molecule has 0 bridgehead atoms. The maximum Gasteiger partial charge on any atom is 0.0738 e. The molecule has 0 radical (unpaired) electrons. The second kappa shape index (κ2) is 4.26. The maximum absolute atomic E-state index is 4.79. The van der Waals surface area contributed by atoms with Crippen LogP contribution < -0.4 is 0 Å². The summed E-state index contributed by atoms with van der Waals surface area (Å²) in [6.07, 6.45) is 0. The van der Waals surface area contributed by atoms with Gasteiger partial charge in [0.15, 0.2) is 0 Å². The van der Waals surface area contributed by atoms with Gasteiger partial charge in [-0.05, 0) is 31.5 Å². The number of fused-ring (bicyclic) bond motifs is 1. The Kier molecular flexibility index (Phi) is 2.60. The first-order chi connectivity index (χ1) is 8.74. The molecule has 0 aliphatic rings. The Morgan fingerprint density at radius 1 is 0.833 bits per heavy atom. The highest BCUT2D eigenvalue weighted by atomic mass is 14.7. The third-order valence-electron chi connectivity index (χ3n) is 3.24. The minimum atomic E-state index is 1.04. The van der Waals surface area contributed by atoms with E-state index in [1.165, 1.54) is 22.1 Å². The molecule has 0 N–H and O–H groups in total. The van der Waals surface area contributed by atoms with Crippen molar-refractivity contribution in [1.29, 1.82) is 0 Å². The number of aromatic nitrogens is 1. The Morgan fingerprint density at radius 2 is 1.67 bits per heavy atom. The van der Waals surface area contributed by atoms with Gasteiger partial charge in [-0.15, -0.1) is 0 Å². The lowest BCUT2D eigenvalue weighted by molar-refractivity contribution is 1.35. The number of para-hydroxylation sites is 1. The van der Waals surface area contributed by atoms with Crippen molar-refractivity contribution in [2.45, 2.75) is 13.8 Å². The van der Waals surface area contributed by atoms with Crippen LogP contribution in [0.5, 0.6) is 0 Å². The molecule has 18 heavy (non-hydrogen) atoms. The highest BCUT2D eigenvalue weighted by Gasteiger charge is 2.03. The van der Waals surface area contributed by atoms with Crippen LogP contribution in [0.1, 0.15) is 11.1 Å². The molecule has 1 nitrogen and oxygen atoms in total. The van der Waals surface area contributed by atoms with E-state index >= 15 is 0 Å². The summed E-state index contributed by atoms with van der Waals surface area (Å²) in [5.74, 6) is 0. The zero-order chi connectivity index (χ0) is 12.5. The van der Waals surface area contributed by atoms with Crippen molar-refractivity contribution in [3.63, 3.8) is 0 Å². The Bertz CT molecular complexity index is 714. The summed E-state index contributed by atoms with van der Waals surface area (Å²) < 4.78 is 0. The van der Waals surface area contributed by atoms with Crippen molar-refractivity contribution in [1.82, 2.24) is 4.98 Å². The first-order valence-electron chi connectivity index (χ1n) is 6.17. The molecule has 2 aromatic carbocycles. The summed E-state index contributed by atoms with van der Waals surface area (Å²) in [5, 5.41) is 1.20. The Labute approximate surface area is 107 Å². The second-order valence-electron chi connectivity index (χ2n) is 4.71. The molecular weight excluding hydrogens is 218 g/mol. The molecule has 88 valence electrons. The smallest absolute Gasteiger partial charge is 0.0738 e. The second-order valence-corrected chi connectivity index (χ2v) is 4.71. The van der Waals surface area contributed by atoms with E-state index in [4.69, 9.17) is 4.98 Å². The van der Waals surface area contributed by atoms with Gasteiger partial charge in [-0.3, -0.25) is 0 Å². The van der Waals surface area contributed by atoms with E-state index in [1.54, 1.807) is 0 Å². The lowest BCUT2D eigenvalue weighted by Gasteiger charge is -2.06. The molecular formula is C17H15N. The van der Waals surface area contributed by atoms with Gasteiger partial charge < -0.3 is 0 Å². The standard InChI is InChI=1S/C17H15N/c1-12-5-3-8-15(11-12)16-10-9-14-7-4-6-13(2)17(14)18-16/h3-11H,1-2H3. The molecule has 1 heterocycles. The van der Waals surface area contributed by atoms with E-state index in [1.807, 2.05) is 0 Å². The first kappa shape index (κ1) is 11.0. The van der Waals surface area contributed by atoms with Crippen molar-refractivity contribution in [3.8, 4) is 11.3 Å². The predicted octanol–water partition coefficient (Wildman–Crippen LogP) is 4.52. The molecule has 3 rings (SSSR count). The fraction of sp³-hybridized carbons (Fsp3) is 0.118. The number of aryl methyl sites for hydroxylation is 2. The number of rotatable bonds is 1. The average Bonchev–Trinajstić information content (AvgIpc) is 2.39. The third kappa shape index (κ3) is 1.88. The van der Waals surface area contributed by atoms with Crippen LogP contribution >= 0.6 is 0 Å². The Balaban J connectivity index is 2.22. The molecule has 1 heteroatoms. The van der Waals surface area contributed by atoms with E-state index < -0.39 is 0 Å². The fourth-order valence-corrected chi connectivity index (χ4v) is 2.26.